The smallest absolute Gasteiger partial charge is 0.347 e. The van der Waals surface area contributed by atoms with Crippen molar-refractivity contribution in [3.63, 3.8) is 0 Å². The van der Waals surface area contributed by atoms with Crippen molar-refractivity contribution in [2.75, 3.05) is 0 Å². The summed E-state index contributed by atoms with van der Waals surface area (Å²) < 4.78 is 30.7. The third-order valence-corrected chi connectivity index (χ3v) is 1.77. The van der Waals surface area contributed by atoms with Crippen molar-refractivity contribution < 1.29 is 23.4 Å². The summed E-state index contributed by atoms with van der Waals surface area (Å²) in [4.78, 5) is 10.7. The van der Waals surface area contributed by atoms with Crippen LogP contribution in [0.25, 0.3) is 0 Å². The van der Waals surface area contributed by atoms with Crippen LogP contribution in [0, 0.1) is 11.6 Å². The molecule has 15 heavy (non-hydrogen) atoms. The molecular formula is C10H10F2O3. The predicted molar refractivity (Wildman–Crippen MR) is 48.7 cm³/mol. The fourth-order valence-corrected chi connectivity index (χ4v) is 0.874. The third kappa shape index (κ3) is 2.65. The summed E-state index contributed by atoms with van der Waals surface area (Å²) in [7, 11) is 0. The number of ether oxygens (including phenoxy) is 1. The van der Waals surface area contributed by atoms with Crippen molar-refractivity contribution in [1.82, 2.24) is 0 Å². The molecule has 0 aliphatic carbocycles. The predicted octanol–water partition coefficient (Wildman–Crippen LogP) is 2.21. The molecule has 0 bridgehead atoms. The first kappa shape index (κ1) is 11.4. The number of hydrogen-bond acceptors (Lipinski definition) is 2. The highest BCUT2D eigenvalue weighted by Gasteiger charge is 2.30. The first-order chi connectivity index (χ1) is 6.83. The van der Waals surface area contributed by atoms with Gasteiger partial charge in [0.1, 0.15) is 5.82 Å². The van der Waals surface area contributed by atoms with Crippen LogP contribution in [0.3, 0.4) is 0 Å². The molecule has 0 saturated heterocycles. The van der Waals surface area contributed by atoms with Gasteiger partial charge in [-0.2, -0.15) is 0 Å². The summed E-state index contributed by atoms with van der Waals surface area (Å²) in [6.07, 6.45) is 0. The van der Waals surface area contributed by atoms with E-state index >= 15 is 0 Å². The maximum atomic E-state index is 13.1. The minimum absolute atomic E-state index is 0.414. The number of carbonyl (C=O) groups is 1. The van der Waals surface area contributed by atoms with Crippen molar-refractivity contribution in [2.45, 2.75) is 19.4 Å². The van der Waals surface area contributed by atoms with Crippen molar-refractivity contribution in [2.24, 2.45) is 0 Å². The summed E-state index contributed by atoms with van der Waals surface area (Å²) in [5.74, 6) is -3.16. The summed E-state index contributed by atoms with van der Waals surface area (Å²) in [6.45, 7) is 2.50. The Labute approximate surface area is 85.3 Å². The van der Waals surface area contributed by atoms with Gasteiger partial charge in [0, 0.05) is 6.07 Å². The van der Waals surface area contributed by atoms with Crippen LogP contribution in [-0.2, 0) is 4.79 Å². The van der Waals surface area contributed by atoms with E-state index in [4.69, 9.17) is 9.84 Å². The Balaban J connectivity index is 2.99. The Morgan fingerprint density at radius 3 is 2.53 bits per heavy atom. The lowest BCUT2D eigenvalue weighted by Crippen LogP contribution is -2.38. The monoisotopic (exact) mass is 216 g/mol. The normalized spacial score (nSPS) is 11.2. The third-order valence-electron chi connectivity index (χ3n) is 1.77. The van der Waals surface area contributed by atoms with E-state index in [0.717, 1.165) is 18.2 Å². The summed E-state index contributed by atoms with van der Waals surface area (Å²) >= 11 is 0. The Hall–Kier alpha value is -1.65. The Bertz CT molecular complexity index is 388. The van der Waals surface area contributed by atoms with E-state index in [1.807, 2.05) is 0 Å². The lowest BCUT2D eigenvalue weighted by molar-refractivity contribution is -0.152. The van der Waals surface area contributed by atoms with Crippen molar-refractivity contribution >= 4 is 5.97 Å². The van der Waals surface area contributed by atoms with Crippen LogP contribution in [-0.4, -0.2) is 16.7 Å². The zero-order chi connectivity index (χ0) is 11.6. The van der Waals surface area contributed by atoms with Crippen LogP contribution in [0.1, 0.15) is 13.8 Å². The second-order valence-electron chi connectivity index (χ2n) is 3.49. The fraction of sp³-hybridized carbons (Fsp3) is 0.300. The molecule has 1 N–H and O–H groups in total. The van der Waals surface area contributed by atoms with E-state index < -0.39 is 29.0 Å². The number of carboxylic acid groups (broad SMARTS) is 1. The van der Waals surface area contributed by atoms with Crippen LogP contribution in [0.15, 0.2) is 18.2 Å². The van der Waals surface area contributed by atoms with E-state index in [1.165, 1.54) is 13.8 Å². The van der Waals surface area contributed by atoms with Gasteiger partial charge in [-0.25, -0.2) is 13.6 Å². The molecule has 0 atom stereocenters. The zero-order valence-electron chi connectivity index (χ0n) is 8.25. The minimum Gasteiger partial charge on any atom is -0.478 e. The molecule has 0 amide bonds. The molecule has 0 aromatic heterocycles. The molecule has 82 valence electrons. The van der Waals surface area contributed by atoms with Gasteiger partial charge in [0.25, 0.3) is 0 Å². The molecule has 1 rings (SSSR count). The second kappa shape index (κ2) is 3.84. The summed E-state index contributed by atoms with van der Waals surface area (Å²) in [5.41, 5.74) is -1.60. The average molecular weight is 216 g/mol. The van der Waals surface area contributed by atoms with Crippen LogP contribution >= 0.6 is 0 Å². The van der Waals surface area contributed by atoms with E-state index in [-0.39, 0.29) is 0 Å². The molecule has 1 aromatic carbocycles. The van der Waals surface area contributed by atoms with E-state index in [9.17, 15) is 13.6 Å². The SMILES string of the molecule is CC(C)(Oc1cc(F)ccc1F)C(=O)O. The molecular weight excluding hydrogens is 206 g/mol. The molecule has 0 aliphatic rings. The number of carboxylic acids is 1. The lowest BCUT2D eigenvalue weighted by Gasteiger charge is -2.21. The van der Waals surface area contributed by atoms with E-state index in [2.05, 4.69) is 0 Å². The molecule has 5 heteroatoms. The maximum Gasteiger partial charge on any atom is 0.347 e. The van der Waals surface area contributed by atoms with Crippen LogP contribution in [0.2, 0.25) is 0 Å². The molecule has 0 aliphatic heterocycles. The topological polar surface area (TPSA) is 46.5 Å². The second-order valence-corrected chi connectivity index (χ2v) is 3.49. The van der Waals surface area contributed by atoms with Gasteiger partial charge in [0.2, 0.25) is 0 Å². The fourth-order valence-electron chi connectivity index (χ4n) is 0.874. The molecule has 0 heterocycles. The number of benzene rings is 1. The molecule has 0 spiro atoms. The lowest BCUT2D eigenvalue weighted by atomic mass is 10.1. The van der Waals surface area contributed by atoms with Crippen molar-refractivity contribution in [3.05, 3.63) is 29.8 Å². The van der Waals surface area contributed by atoms with Crippen molar-refractivity contribution in [3.8, 4) is 5.75 Å². The highest BCUT2D eigenvalue weighted by Crippen LogP contribution is 2.23. The van der Waals surface area contributed by atoms with Gasteiger partial charge >= 0.3 is 5.97 Å². The molecule has 0 fully saturated rings. The van der Waals surface area contributed by atoms with Gasteiger partial charge in [-0.05, 0) is 26.0 Å². The van der Waals surface area contributed by atoms with Gasteiger partial charge in [0.05, 0.1) is 0 Å². The van der Waals surface area contributed by atoms with Gasteiger partial charge in [-0.15, -0.1) is 0 Å². The maximum absolute atomic E-state index is 13.1. The Kier molecular flexibility index (Phi) is 2.93. The van der Waals surface area contributed by atoms with E-state index in [1.54, 1.807) is 0 Å². The van der Waals surface area contributed by atoms with Crippen molar-refractivity contribution in [1.29, 1.82) is 0 Å². The Morgan fingerprint density at radius 2 is 2.00 bits per heavy atom. The number of rotatable bonds is 3. The van der Waals surface area contributed by atoms with Gasteiger partial charge in [-0.3, -0.25) is 0 Å². The first-order valence-electron chi connectivity index (χ1n) is 4.20. The molecule has 0 unspecified atom stereocenters. The summed E-state index contributed by atoms with van der Waals surface area (Å²) in [5, 5.41) is 8.72. The Morgan fingerprint density at radius 1 is 1.40 bits per heavy atom. The highest BCUT2D eigenvalue weighted by atomic mass is 19.1. The first-order valence-corrected chi connectivity index (χ1v) is 4.20. The van der Waals surface area contributed by atoms with Gasteiger partial charge in [-0.1, -0.05) is 0 Å². The zero-order valence-corrected chi connectivity index (χ0v) is 8.25. The molecule has 0 radical (unpaired) electrons. The van der Waals surface area contributed by atoms with Crippen LogP contribution < -0.4 is 4.74 Å². The molecule has 0 saturated carbocycles. The molecule has 1 aromatic rings. The molecule has 3 nitrogen and oxygen atoms in total. The quantitative estimate of drug-likeness (QED) is 0.842. The van der Waals surface area contributed by atoms with Gasteiger partial charge < -0.3 is 9.84 Å². The standard InChI is InChI=1S/C10H10F2O3/c1-10(2,9(13)14)15-8-5-6(11)3-4-7(8)12/h3-5H,1-2H3,(H,13,14). The van der Waals surface area contributed by atoms with Crippen LogP contribution in [0.5, 0.6) is 5.75 Å². The summed E-state index contributed by atoms with van der Waals surface area (Å²) in [6, 6.07) is 2.61. The average Bonchev–Trinajstić information content (AvgIpc) is 2.10. The minimum atomic E-state index is -1.60. The number of hydrogen-bond donors (Lipinski definition) is 1. The van der Waals surface area contributed by atoms with Gasteiger partial charge in [0.15, 0.2) is 17.2 Å². The van der Waals surface area contributed by atoms with E-state index in [0.29, 0.717) is 0 Å². The van der Waals surface area contributed by atoms with Crippen LogP contribution in [0.4, 0.5) is 8.78 Å². The number of aliphatic carboxylic acids is 1. The largest absolute Gasteiger partial charge is 0.478 e. The number of halogens is 2. The highest BCUT2D eigenvalue weighted by molar-refractivity contribution is 5.76.